The van der Waals surface area contributed by atoms with Crippen molar-refractivity contribution in [2.45, 2.75) is 134 Å². The van der Waals surface area contributed by atoms with E-state index >= 15 is 0 Å². The minimum absolute atomic E-state index is 0.244. The summed E-state index contributed by atoms with van der Waals surface area (Å²) in [5, 5.41) is 29.1. The summed E-state index contributed by atoms with van der Waals surface area (Å²) < 4.78 is 28.9. The van der Waals surface area contributed by atoms with Crippen LogP contribution < -0.4 is 9.47 Å². The number of aromatic nitrogens is 12. The Morgan fingerprint density at radius 1 is 0.481 bits per heavy atom. The highest BCUT2D eigenvalue weighted by Gasteiger charge is 2.37. The number of H-pyrrole nitrogens is 2. The van der Waals surface area contributed by atoms with Crippen LogP contribution in [0.3, 0.4) is 0 Å². The van der Waals surface area contributed by atoms with Crippen molar-refractivity contribution in [3.05, 3.63) is 285 Å². The van der Waals surface area contributed by atoms with Gasteiger partial charge in [0.2, 0.25) is 0 Å². The summed E-state index contributed by atoms with van der Waals surface area (Å²) >= 11 is 0. The number of benzene rings is 6. The fourth-order valence-electron chi connectivity index (χ4n) is 14.5. The Balaban J connectivity index is 0.616. The van der Waals surface area contributed by atoms with Crippen LogP contribution in [-0.4, -0.2) is 97.7 Å². The molecule has 0 aliphatic heterocycles. The Morgan fingerprint density at radius 3 is 1.23 bits per heavy atom. The Hall–Kier alpha value is -11.9. The maximum atomic E-state index is 14.4. The van der Waals surface area contributed by atoms with Crippen LogP contribution in [0.4, 0.5) is 0 Å². The molecular weight excluding hydrogens is 1320 g/mol. The van der Waals surface area contributed by atoms with Gasteiger partial charge in [0.1, 0.15) is 12.2 Å². The topological polar surface area (TPSA) is 216 Å². The van der Waals surface area contributed by atoms with Gasteiger partial charge in [-0.05, 0) is 169 Å². The van der Waals surface area contributed by atoms with Crippen LogP contribution in [0.2, 0.25) is 0 Å². The summed E-state index contributed by atoms with van der Waals surface area (Å²) in [6, 6.07) is 44.7. The van der Waals surface area contributed by atoms with Crippen LogP contribution >= 0.6 is 0 Å². The summed E-state index contributed by atoms with van der Waals surface area (Å²) in [5.74, 6) is 0.430. The fraction of sp³-hybridized carbons (Fsp3) is 0.273. The molecule has 0 amide bonds. The van der Waals surface area contributed by atoms with Crippen molar-refractivity contribution < 1.29 is 28.5 Å². The lowest BCUT2D eigenvalue weighted by molar-refractivity contribution is 0.0180. The maximum Gasteiger partial charge on any atom is 0.340 e. The molecule has 2 N–H and O–H groups in total. The average Bonchev–Trinajstić information content (AvgIpc) is 1.59. The molecule has 4 aromatic heterocycles. The van der Waals surface area contributed by atoms with E-state index in [1.54, 1.807) is 0 Å². The molecule has 0 saturated carbocycles. The summed E-state index contributed by atoms with van der Waals surface area (Å²) in [4.78, 5) is 38.4. The quantitative estimate of drug-likeness (QED) is 0.0381. The van der Waals surface area contributed by atoms with Gasteiger partial charge in [0, 0.05) is 24.0 Å². The van der Waals surface area contributed by atoms with Gasteiger partial charge in [-0.1, -0.05) is 255 Å². The predicted octanol–water partition coefficient (Wildman–Crippen LogP) is 19.6. The Morgan fingerprint density at radius 2 is 0.858 bits per heavy atom. The van der Waals surface area contributed by atoms with E-state index in [0.29, 0.717) is 109 Å². The second-order valence-corrected chi connectivity index (χ2v) is 28.6. The molecule has 106 heavy (non-hydrogen) atoms. The fourth-order valence-corrected chi connectivity index (χ4v) is 14.5. The van der Waals surface area contributed by atoms with Gasteiger partial charge in [-0.15, -0.1) is 10.2 Å². The maximum absolute atomic E-state index is 14.4. The molecule has 0 fully saturated rings. The number of fused-ring (bicyclic) bond motifs is 2. The zero-order chi connectivity index (χ0) is 74.5. The number of aromatic amines is 2. The van der Waals surface area contributed by atoms with Crippen molar-refractivity contribution in [1.29, 1.82) is 0 Å². The smallest absolute Gasteiger partial charge is 0.340 e. The summed E-state index contributed by atoms with van der Waals surface area (Å²) in [6.07, 6.45) is 31.8. The molecule has 18 heteroatoms. The molecule has 0 bridgehead atoms. The molecule has 10 aromatic rings. The molecule has 0 spiro atoms. The van der Waals surface area contributed by atoms with Crippen LogP contribution in [0.25, 0.3) is 67.1 Å². The molecular formula is C88H92N12O6. The van der Waals surface area contributed by atoms with Gasteiger partial charge in [-0.25, -0.2) is 19.8 Å². The normalized spacial score (nSPS) is 16.9. The summed E-state index contributed by atoms with van der Waals surface area (Å²) in [5.41, 5.74) is 20.3. The third-order valence-electron chi connectivity index (χ3n) is 19.5. The van der Waals surface area contributed by atoms with E-state index in [-0.39, 0.29) is 35.0 Å². The number of allylic oxidation sites excluding steroid dienone is 20. The molecule has 0 radical (unpaired) electrons. The third-order valence-corrected chi connectivity index (χ3v) is 19.5. The van der Waals surface area contributed by atoms with Crippen molar-refractivity contribution in [3.8, 4) is 57.1 Å². The van der Waals surface area contributed by atoms with Gasteiger partial charge >= 0.3 is 11.9 Å². The molecule has 0 saturated heterocycles. The largest absolute Gasteiger partial charge is 0.465 e. The molecule has 6 aromatic carbocycles. The lowest BCUT2D eigenvalue weighted by atomic mass is 9.71. The SMILES string of the molecule is CCOc1nc2cccc(C(=O)OC3CC(C)=C(C=CC(C)=CC=CC(C)=CC=CC=C(C)C=CC=C(C)C=CC4=C(C)CC(OC(=O)c5cccc6nc(OCC)n(Cc7ccc(-c8ccccc8-c8nnn[nH]8)cc7)c56)CC4(C)C)C(C)(C)C3)c2n1Cc1ccc(-c2ccccc2-c2nnn[nH]2)cc1. The number of nitrogens with one attached hydrogen (secondary N) is 2. The van der Waals surface area contributed by atoms with Gasteiger partial charge in [0.15, 0.2) is 11.6 Å². The first-order chi connectivity index (χ1) is 51.2. The molecule has 4 heterocycles. The minimum atomic E-state index is -0.382. The van der Waals surface area contributed by atoms with Gasteiger partial charge < -0.3 is 18.9 Å². The standard InChI is InChI=1S/C88H92N12O6/c1-13-103-85-89-77-37-23-35-73(79(77)99(85)55-63-41-45-65(46-42-63)69-31-17-19-33-71(69)81-91-95-96-92-81)83(101)105-67-51-61(7)75(87(9,10)53-67)49-39-59(5)29-21-27-57(3)25-15-16-26-58(4)28-22-30-60(6)40-50-76-62(8)52-68(54-88(76,11)12)106-84(102)74-36-24-38-78-80(74)100(86(90-78)104-14-2)56-64-43-47-66(48-44-64)70-32-18-20-34-72(70)82-93-97-98-94-82/h15-50,67-68H,13-14,51-56H2,1-12H3,(H,91,92,95,96)(H,93,94,97,98). The van der Waals surface area contributed by atoms with E-state index in [9.17, 15) is 9.59 Å². The van der Waals surface area contributed by atoms with E-state index in [2.05, 4.69) is 244 Å². The molecule has 2 atom stereocenters. The van der Waals surface area contributed by atoms with Gasteiger partial charge in [-0.3, -0.25) is 9.13 Å². The number of carbonyl (C=O) groups excluding carboxylic acids is 2. The molecule has 2 unspecified atom stereocenters. The van der Waals surface area contributed by atoms with E-state index in [4.69, 9.17) is 28.9 Å². The second kappa shape index (κ2) is 33.2. The molecule has 2 aliphatic rings. The number of imidazole rings is 2. The predicted molar refractivity (Wildman–Crippen MR) is 421 cm³/mol. The number of esters is 2. The number of tetrazole rings is 2. The lowest BCUT2D eigenvalue weighted by Gasteiger charge is -2.37. The number of nitrogens with zero attached hydrogens (tertiary/aromatic N) is 10. The van der Waals surface area contributed by atoms with Gasteiger partial charge in [0.25, 0.3) is 12.0 Å². The van der Waals surface area contributed by atoms with Crippen molar-refractivity contribution in [2.75, 3.05) is 13.2 Å². The monoisotopic (exact) mass is 1410 g/mol. The molecule has 12 rings (SSSR count). The number of hydrogen-bond acceptors (Lipinski definition) is 14. The number of hydrogen-bond donors (Lipinski definition) is 2. The number of carbonyl (C=O) groups is 2. The van der Waals surface area contributed by atoms with Crippen LogP contribution in [0.15, 0.2) is 263 Å². The van der Waals surface area contributed by atoms with Crippen LogP contribution in [0.5, 0.6) is 12.0 Å². The van der Waals surface area contributed by atoms with E-state index in [1.807, 2.05) is 108 Å². The number of rotatable bonds is 26. The molecule has 540 valence electrons. The number of ether oxygens (including phenoxy) is 4. The van der Waals surface area contributed by atoms with Crippen LogP contribution in [0.1, 0.15) is 141 Å². The highest BCUT2D eigenvalue weighted by molar-refractivity contribution is 6.03. The van der Waals surface area contributed by atoms with Gasteiger partial charge in [0.05, 0.1) is 59.5 Å². The first kappa shape index (κ1) is 73.8. The highest BCUT2D eigenvalue weighted by Crippen LogP contribution is 2.45. The average molecular weight is 1410 g/mol. The first-order valence-corrected chi connectivity index (χ1v) is 36.2. The zero-order valence-electron chi connectivity index (χ0n) is 62.5. The Labute approximate surface area is 620 Å². The second-order valence-electron chi connectivity index (χ2n) is 28.6. The Kier molecular flexibility index (Phi) is 23.2. The van der Waals surface area contributed by atoms with Crippen molar-refractivity contribution in [3.63, 3.8) is 0 Å². The van der Waals surface area contributed by atoms with Crippen molar-refractivity contribution >= 4 is 34.0 Å². The molecule has 2 aliphatic carbocycles. The van der Waals surface area contributed by atoms with E-state index in [1.165, 1.54) is 22.3 Å². The van der Waals surface area contributed by atoms with E-state index in [0.717, 1.165) is 66.8 Å². The first-order valence-electron chi connectivity index (χ1n) is 36.2. The van der Waals surface area contributed by atoms with Crippen LogP contribution in [0, 0.1) is 10.8 Å². The minimum Gasteiger partial charge on any atom is -0.465 e. The number of para-hydroxylation sites is 2. The lowest BCUT2D eigenvalue weighted by Crippen LogP contribution is -2.32. The third kappa shape index (κ3) is 17.5. The van der Waals surface area contributed by atoms with Crippen LogP contribution in [-0.2, 0) is 22.6 Å². The summed E-state index contributed by atoms with van der Waals surface area (Å²) in [7, 11) is 0. The van der Waals surface area contributed by atoms with E-state index < -0.39 is 0 Å². The van der Waals surface area contributed by atoms with Gasteiger partial charge in [-0.2, -0.15) is 9.97 Å². The van der Waals surface area contributed by atoms with Crippen molar-refractivity contribution in [1.82, 2.24) is 60.4 Å². The summed E-state index contributed by atoms with van der Waals surface area (Å²) in [6.45, 7) is 27.2. The van der Waals surface area contributed by atoms with Crippen molar-refractivity contribution in [2.24, 2.45) is 10.8 Å². The Bertz CT molecular complexity index is 4880. The molecule has 18 nitrogen and oxygen atoms in total. The zero-order valence-corrected chi connectivity index (χ0v) is 62.5. The highest BCUT2D eigenvalue weighted by atomic mass is 16.5.